The molecule has 0 radical (unpaired) electrons. The zero-order valence-corrected chi connectivity index (χ0v) is 21.3. The van der Waals surface area contributed by atoms with E-state index in [0.29, 0.717) is 17.8 Å². The lowest BCUT2D eigenvalue weighted by Crippen LogP contribution is -2.09. The average molecular weight is 477 g/mol. The molecular formula is C30H32N6. The smallest absolute Gasteiger partial charge is 0.137 e. The Morgan fingerprint density at radius 1 is 0.750 bits per heavy atom. The molecule has 6 rings (SSSR count). The van der Waals surface area contributed by atoms with Gasteiger partial charge in [-0.2, -0.15) is 0 Å². The molecule has 0 aromatic carbocycles. The number of hydrogen-bond donors (Lipinski definition) is 0. The maximum absolute atomic E-state index is 5.01. The van der Waals surface area contributed by atoms with Crippen molar-refractivity contribution in [1.82, 2.24) is 28.2 Å². The molecule has 2 atom stereocenters. The Hall–Kier alpha value is -3.93. The van der Waals surface area contributed by atoms with Gasteiger partial charge in [0.1, 0.15) is 16.9 Å². The molecule has 0 aliphatic rings. The Labute approximate surface area is 211 Å². The van der Waals surface area contributed by atoms with Crippen LogP contribution in [0, 0.1) is 0 Å². The molecule has 6 heteroatoms. The summed E-state index contributed by atoms with van der Waals surface area (Å²) in [6, 6.07) is 14.9. The van der Waals surface area contributed by atoms with Gasteiger partial charge < -0.3 is 13.2 Å². The number of nitrogens with zero attached hydrogens (tertiary/aromatic N) is 6. The van der Waals surface area contributed by atoms with Crippen molar-refractivity contribution in [2.45, 2.75) is 58.3 Å². The highest BCUT2D eigenvalue weighted by molar-refractivity contribution is 5.47. The summed E-state index contributed by atoms with van der Waals surface area (Å²) in [5.41, 5.74) is 9.39. The molecule has 0 aliphatic carbocycles. The first-order valence-corrected chi connectivity index (χ1v) is 12.8. The molecule has 6 nitrogen and oxygen atoms in total. The molecule has 2 unspecified atom stereocenters. The number of hydrogen-bond acceptors (Lipinski definition) is 3. The summed E-state index contributed by atoms with van der Waals surface area (Å²) in [5, 5.41) is 0. The standard InChI is InChI=1S/C30H32N6/c1-20(2)30-23(15-22(4)26-17-32-28-7-5-6-13-35(26)28)8-11-29-33-25(19-36(29)30)16-21(3)24-9-10-27-31-12-14-34(27)18-24/h5-14,17-22H,15-16H2,1-4H3. The number of rotatable bonds is 7. The summed E-state index contributed by atoms with van der Waals surface area (Å²) in [5.74, 6) is 1.10. The highest BCUT2D eigenvalue weighted by atomic mass is 15.0. The fourth-order valence-corrected chi connectivity index (χ4v) is 5.50. The maximum atomic E-state index is 5.01. The molecule has 182 valence electrons. The van der Waals surface area contributed by atoms with E-state index in [-0.39, 0.29) is 0 Å². The summed E-state index contributed by atoms with van der Waals surface area (Å²) in [6.45, 7) is 9.12. The first kappa shape index (κ1) is 22.5. The van der Waals surface area contributed by atoms with E-state index in [4.69, 9.17) is 4.98 Å². The first-order valence-electron chi connectivity index (χ1n) is 12.8. The zero-order chi connectivity index (χ0) is 24.8. The predicted molar refractivity (Wildman–Crippen MR) is 144 cm³/mol. The third-order valence-corrected chi connectivity index (χ3v) is 7.32. The predicted octanol–water partition coefficient (Wildman–Crippen LogP) is 6.45. The van der Waals surface area contributed by atoms with Gasteiger partial charge in [0.05, 0.1) is 5.69 Å². The third-order valence-electron chi connectivity index (χ3n) is 7.32. The van der Waals surface area contributed by atoms with Gasteiger partial charge in [0, 0.05) is 54.5 Å². The second kappa shape index (κ2) is 8.94. The van der Waals surface area contributed by atoms with Gasteiger partial charge in [-0.1, -0.05) is 45.9 Å². The van der Waals surface area contributed by atoms with E-state index in [1.165, 1.54) is 22.5 Å². The maximum Gasteiger partial charge on any atom is 0.137 e. The van der Waals surface area contributed by atoms with E-state index in [9.17, 15) is 0 Å². The minimum absolute atomic E-state index is 0.346. The first-order chi connectivity index (χ1) is 17.5. The van der Waals surface area contributed by atoms with Gasteiger partial charge in [-0.25, -0.2) is 15.0 Å². The topological polar surface area (TPSA) is 51.9 Å². The van der Waals surface area contributed by atoms with Crippen molar-refractivity contribution < 1.29 is 0 Å². The van der Waals surface area contributed by atoms with Crippen molar-refractivity contribution in [3.8, 4) is 0 Å². The van der Waals surface area contributed by atoms with E-state index < -0.39 is 0 Å². The quantitative estimate of drug-likeness (QED) is 0.266. The van der Waals surface area contributed by atoms with Crippen molar-refractivity contribution in [3.05, 3.63) is 108 Å². The van der Waals surface area contributed by atoms with Gasteiger partial charge in [0.15, 0.2) is 0 Å². The van der Waals surface area contributed by atoms with E-state index in [0.717, 1.165) is 35.5 Å². The van der Waals surface area contributed by atoms with Crippen LogP contribution < -0.4 is 0 Å². The summed E-state index contributed by atoms with van der Waals surface area (Å²) in [6.07, 6.45) is 14.3. The lowest BCUT2D eigenvalue weighted by Gasteiger charge is -2.18. The Bertz CT molecular complexity index is 1670. The largest absolute Gasteiger partial charge is 0.307 e. The van der Waals surface area contributed by atoms with Crippen molar-refractivity contribution in [3.63, 3.8) is 0 Å². The van der Waals surface area contributed by atoms with Crippen LogP contribution in [0.3, 0.4) is 0 Å². The van der Waals surface area contributed by atoms with Crippen LogP contribution in [0.15, 0.2) is 79.6 Å². The lowest BCUT2D eigenvalue weighted by molar-refractivity contribution is 0.692. The number of aromatic nitrogens is 6. The summed E-state index contributed by atoms with van der Waals surface area (Å²) < 4.78 is 6.61. The number of fused-ring (bicyclic) bond motifs is 3. The molecule has 0 saturated carbocycles. The molecule has 36 heavy (non-hydrogen) atoms. The van der Waals surface area contributed by atoms with Crippen LogP contribution in [0.1, 0.15) is 73.7 Å². The van der Waals surface area contributed by atoms with Crippen molar-refractivity contribution in [2.75, 3.05) is 0 Å². The Kier molecular flexibility index (Phi) is 5.59. The van der Waals surface area contributed by atoms with E-state index >= 15 is 0 Å². The lowest BCUT2D eigenvalue weighted by atomic mass is 9.93. The van der Waals surface area contributed by atoms with Crippen molar-refractivity contribution >= 4 is 16.9 Å². The Morgan fingerprint density at radius 3 is 2.47 bits per heavy atom. The third kappa shape index (κ3) is 3.96. The van der Waals surface area contributed by atoms with Crippen LogP contribution in [-0.4, -0.2) is 28.2 Å². The van der Waals surface area contributed by atoms with Crippen LogP contribution in [0.2, 0.25) is 0 Å². The van der Waals surface area contributed by atoms with Gasteiger partial charge in [0.2, 0.25) is 0 Å². The molecule has 6 aromatic heterocycles. The molecule has 0 fully saturated rings. The SMILES string of the molecule is CC(C)c1c(CC(C)c2cnc3ccccn23)ccc2nc(CC(C)c3ccc4nccn4c3)cn12. The average Bonchev–Trinajstić information content (AvgIpc) is 3.60. The highest BCUT2D eigenvalue weighted by Crippen LogP contribution is 2.29. The zero-order valence-electron chi connectivity index (χ0n) is 21.3. The Balaban J connectivity index is 1.30. The summed E-state index contributed by atoms with van der Waals surface area (Å²) in [7, 11) is 0. The fraction of sp³-hybridized carbons (Fsp3) is 0.300. The minimum Gasteiger partial charge on any atom is -0.307 e. The number of pyridine rings is 3. The van der Waals surface area contributed by atoms with Crippen LogP contribution in [0.25, 0.3) is 16.9 Å². The molecule has 6 aromatic rings. The molecular weight excluding hydrogens is 444 g/mol. The van der Waals surface area contributed by atoms with Gasteiger partial charge >= 0.3 is 0 Å². The second-order valence-corrected chi connectivity index (χ2v) is 10.3. The molecule has 0 N–H and O–H groups in total. The van der Waals surface area contributed by atoms with E-state index in [1.807, 2.05) is 24.7 Å². The van der Waals surface area contributed by atoms with E-state index in [2.05, 4.69) is 106 Å². The van der Waals surface area contributed by atoms with Gasteiger partial charge in [-0.3, -0.25) is 0 Å². The minimum atomic E-state index is 0.346. The molecule has 0 bridgehead atoms. The summed E-state index contributed by atoms with van der Waals surface area (Å²) in [4.78, 5) is 14.0. The highest BCUT2D eigenvalue weighted by Gasteiger charge is 2.19. The van der Waals surface area contributed by atoms with Crippen LogP contribution >= 0.6 is 0 Å². The summed E-state index contributed by atoms with van der Waals surface area (Å²) >= 11 is 0. The monoisotopic (exact) mass is 476 g/mol. The Morgan fingerprint density at radius 2 is 1.61 bits per heavy atom. The van der Waals surface area contributed by atoms with E-state index in [1.54, 1.807) is 0 Å². The normalized spacial score (nSPS) is 13.8. The van der Waals surface area contributed by atoms with Crippen LogP contribution in [-0.2, 0) is 12.8 Å². The van der Waals surface area contributed by atoms with Crippen molar-refractivity contribution in [1.29, 1.82) is 0 Å². The number of imidazole rings is 3. The van der Waals surface area contributed by atoms with Crippen LogP contribution in [0.5, 0.6) is 0 Å². The van der Waals surface area contributed by atoms with Crippen LogP contribution in [0.4, 0.5) is 0 Å². The van der Waals surface area contributed by atoms with Gasteiger partial charge in [-0.05, 0) is 60.1 Å². The van der Waals surface area contributed by atoms with Gasteiger partial charge in [-0.15, -0.1) is 0 Å². The molecule has 6 heterocycles. The molecule has 0 amide bonds. The second-order valence-electron chi connectivity index (χ2n) is 10.3. The molecule has 0 aliphatic heterocycles. The molecule has 0 spiro atoms. The fourth-order valence-electron chi connectivity index (χ4n) is 5.50. The molecule has 0 saturated heterocycles. The van der Waals surface area contributed by atoms with Gasteiger partial charge in [0.25, 0.3) is 0 Å². The van der Waals surface area contributed by atoms with Crippen molar-refractivity contribution in [2.24, 2.45) is 0 Å².